The number of hydrogen-bond acceptors (Lipinski definition) is 4. The molecule has 1 fully saturated rings. The van der Waals surface area contributed by atoms with Gasteiger partial charge in [0.15, 0.2) is 0 Å². The van der Waals surface area contributed by atoms with E-state index in [-0.39, 0.29) is 28.4 Å². The Morgan fingerprint density at radius 3 is 2.90 bits per heavy atom. The molecule has 1 saturated heterocycles. The van der Waals surface area contributed by atoms with Crippen molar-refractivity contribution >= 4 is 33.4 Å². The zero-order valence-corrected chi connectivity index (χ0v) is 12.5. The zero-order chi connectivity index (χ0) is 15.6. The molecule has 9 heteroatoms. The van der Waals surface area contributed by atoms with E-state index in [1.807, 2.05) is 0 Å². The first kappa shape index (κ1) is 15.5. The van der Waals surface area contributed by atoms with E-state index in [0.29, 0.717) is 19.4 Å². The van der Waals surface area contributed by atoms with E-state index in [9.17, 15) is 19.3 Å². The van der Waals surface area contributed by atoms with Crippen LogP contribution in [0.3, 0.4) is 0 Å². The molecule has 0 aliphatic carbocycles. The van der Waals surface area contributed by atoms with Crippen molar-refractivity contribution in [1.29, 1.82) is 0 Å². The Morgan fingerprint density at radius 2 is 2.29 bits per heavy atom. The number of nitro benzene ring substituents is 1. The van der Waals surface area contributed by atoms with Gasteiger partial charge in [-0.15, -0.1) is 0 Å². The molecule has 0 unspecified atom stereocenters. The van der Waals surface area contributed by atoms with E-state index in [2.05, 4.69) is 21.2 Å². The average Bonchev–Trinajstić information content (AvgIpc) is 2.42. The normalized spacial score (nSPS) is 18.4. The van der Waals surface area contributed by atoms with Gasteiger partial charge in [-0.3, -0.25) is 10.1 Å². The fourth-order valence-corrected chi connectivity index (χ4v) is 2.63. The Balaban J connectivity index is 2.20. The van der Waals surface area contributed by atoms with Gasteiger partial charge in [0, 0.05) is 19.1 Å². The Bertz CT molecular complexity index is 584. The SMILES string of the molecule is O=C(O)N1CCC[C@H](Nc2cc(Br)c(F)cc2[N+](=O)[O-])C1. The third-order valence-corrected chi connectivity index (χ3v) is 3.89. The molecule has 1 atom stereocenters. The van der Waals surface area contributed by atoms with E-state index >= 15 is 0 Å². The zero-order valence-electron chi connectivity index (χ0n) is 10.9. The van der Waals surface area contributed by atoms with Crippen molar-refractivity contribution in [2.45, 2.75) is 18.9 Å². The molecule has 1 amide bonds. The number of amides is 1. The van der Waals surface area contributed by atoms with Crippen LogP contribution in [0.5, 0.6) is 0 Å². The molecular weight excluding hydrogens is 349 g/mol. The summed E-state index contributed by atoms with van der Waals surface area (Å²) < 4.78 is 13.5. The number of nitrogens with one attached hydrogen (secondary N) is 1. The minimum atomic E-state index is -1.02. The monoisotopic (exact) mass is 361 g/mol. The number of anilines is 1. The van der Waals surface area contributed by atoms with E-state index in [4.69, 9.17) is 5.11 Å². The largest absolute Gasteiger partial charge is 0.465 e. The summed E-state index contributed by atoms with van der Waals surface area (Å²) in [5, 5.41) is 22.9. The molecule has 114 valence electrons. The molecule has 1 heterocycles. The van der Waals surface area contributed by atoms with Gasteiger partial charge in [-0.1, -0.05) is 0 Å². The van der Waals surface area contributed by atoms with Gasteiger partial charge in [-0.25, -0.2) is 9.18 Å². The highest BCUT2D eigenvalue weighted by Gasteiger charge is 2.26. The number of likely N-dealkylation sites (tertiary alicyclic amines) is 1. The maximum absolute atomic E-state index is 13.4. The molecule has 2 N–H and O–H groups in total. The second kappa shape index (κ2) is 6.25. The van der Waals surface area contributed by atoms with Gasteiger partial charge in [0.2, 0.25) is 0 Å². The molecule has 7 nitrogen and oxygen atoms in total. The molecular formula is C12H13BrFN3O4. The summed E-state index contributed by atoms with van der Waals surface area (Å²) in [7, 11) is 0. The molecule has 0 radical (unpaired) electrons. The maximum atomic E-state index is 13.4. The third kappa shape index (κ3) is 3.60. The van der Waals surface area contributed by atoms with Crippen molar-refractivity contribution in [2.75, 3.05) is 18.4 Å². The predicted molar refractivity (Wildman–Crippen MR) is 77.0 cm³/mol. The Kier molecular flexibility index (Phi) is 4.61. The molecule has 0 spiro atoms. The molecule has 1 aliphatic heterocycles. The number of nitrogens with zero attached hydrogens (tertiary/aromatic N) is 2. The lowest BCUT2D eigenvalue weighted by molar-refractivity contribution is -0.384. The minimum absolute atomic E-state index is 0.113. The molecule has 0 aromatic heterocycles. The Hall–Kier alpha value is -1.90. The minimum Gasteiger partial charge on any atom is -0.465 e. The molecule has 1 aromatic rings. The van der Waals surface area contributed by atoms with Gasteiger partial charge in [0.25, 0.3) is 5.69 Å². The lowest BCUT2D eigenvalue weighted by Crippen LogP contribution is -2.44. The molecule has 0 bridgehead atoms. The second-order valence-electron chi connectivity index (χ2n) is 4.75. The molecule has 0 saturated carbocycles. The van der Waals surface area contributed by atoms with Crippen molar-refractivity contribution in [3.05, 3.63) is 32.5 Å². The Morgan fingerprint density at radius 1 is 1.57 bits per heavy atom. The smallest absolute Gasteiger partial charge is 0.407 e. The number of rotatable bonds is 3. The van der Waals surface area contributed by atoms with Crippen LogP contribution in [0.4, 0.5) is 20.6 Å². The van der Waals surface area contributed by atoms with Crippen LogP contribution in [0.1, 0.15) is 12.8 Å². The summed E-state index contributed by atoms with van der Waals surface area (Å²) in [4.78, 5) is 22.5. The van der Waals surface area contributed by atoms with E-state index in [0.717, 1.165) is 6.07 Å². The van der Waals surface area contributed by atoms with Gasteiger partial charge < -0.3 is 15.3 Å². The third-order valence-electron chi connectivity index (χ3n) is 3.29. The van der Waals surface area contributed by atoms with Gasteiger partial charge in [-0.2, -0.15) is 0 Å². The van der Waals surface area contributed by atoms with E-state index in [1.165, 1.54) is 11.0 Å². The average molecular weight is 362 g/mol. The van der Waals surface area contributed by atoms with Crippen LogP contribution in [0.15, 0.2) is 16.6 Å². The summed E-state index contributed by atoms with van der Waals surface area (Å²) in [5.74, 6) is -0.719. The number of piperidine rings is 1. The fourth-order valence-electron chi connectivity index (χ4n) is 2.29. The first-order valence-corrected chi connectivity index (χ1v) is 7.05. The van der Waals surface area contributed by atoms with Crippen molar-refractivity contribution in [3.63, 3.8) is 0 Å². The standard InChI is InChI=1S/C12H13BrFN3O4/c13-8-4-10(11(17(20)21)5-9(8)14)15-7-2-1-3-16(6-7)12(18)19/h4-5,7,15H,1-3,6H2,(H,18,19)/t7-/m0/s1. The first-order chi connectivity index (χ1) is 9.88. The lowest BCUT2D eigenvalue weighted by atomic mass is 10.1. The lowest BCUT2D eigenvalue weighted by Gasteiger charge is -2.31. The highest BCUT2D eigenvalue weighted by Crippen LogP contribution is 2.31. The van der Waals surface area contributed by atoms with Crippen LogP contribution in [-0.4, -0.2) is 40.2 Å². The number of nitro groups is 1. The quantitative estimate of drug-likeness (QED) is 0.637. The van der Waals surface area contributed by atoms with Crippen LogP contribution in [-0.2, 0) is 0 Å². The van der Waals surface area contributed by atoms with Crippen LogP contribution >= 0.6 is 15.9 Å². The van der Waals surface area contributed by atoms with E-state index in [1.54, 1.807) is 0 Å². The highest BCUT2D eigenvalue weighted by molar-refractivity contribution is 9.10. The van der Waals surface area contributed by atoms with Crippen LogP contribution in [0.25, 0.3) is 0 Å². The van der Waals surface area contributed by atoms with Crippen molar-refractivity contribution < 1.29 is 19.2 Å². The first-order valence-electron chi connectivity index (χ1n) is 6.26. The van der Waals surface area contributed by atoms with Crippen LogP contribution < -0.4 is 5.32 Å². The van der Waals surface area contributed by atoms with Gasteiger partial charge in [-0.05, 0) is 34.8 Å². The van der Waals surface area contributed by atoms with Gasteiger partial charge in [0.1, 0.15) is 11.5 Å². The number of benzene rings is 1. The molecule has 1 aromatic carbocycles. The summed E-state index contributed by atoms with van der Waals surface area (Å²) in [6.07, 6.45) is 0.340. The topological polar surface area (TPSA) is 95.7 Å². The molecule has 2 rings (SSSR count). The summed E-state index contributed by atoms with van der Waals surface area (Å²) in [6.45, 7) is 0.685. The van der Waals surface area contributed by atoms with Crippen molar-refractivity contribution in [1.82, 2.24) is 4.90 Å². The van der Waals surface area contributed by atoms with Crippen molar-refractivity contribution in [2.24, 2.45) is 0 Å². The molecule has 1 aliphatic rings. The predicted octanol–water partition coefficient (Wildman–Crippen LogP) is 3.05. The number of hydrogen-bond donors (Lipinski definition) is 2. The summed E-state index contributed by atoms with van der Waals surface area (Å²) in [5.41, 5.74) is -0.200. The number of carboxylic acid groups (broad SMARTS) is 1. The second-order valence-corrected chi connectivity index (χ2v) is 5.61. The van der Waals surface area contributed by atoms with Crippen molar-refractivity contribution in [3.8, 4) is 0 Å². The maximum Gasteiger partial charge on any atom is 0.407 e. The highest BCUT2D eigenvalue weighted by atomic mass is 79.9. The van der Waals surface area contributed by atoms with E-state index < -0.39 is 16.8 Å². The van der Waals surface area contributed by atoms with Gasteiger partial charge in [0.05, 0.1) is 15.5 Å². The van der Waals surface area contributed by atoms with Crippen LogP contribution in [0.2, 0.25) is 0 Å². The number of carbonyl (C=O) groups is 1. The summed E-state index contributed by atoms with van der Waals surface area (Å²) >= 11 is 2.99. The molecule has 21 heavy (non-hydrogen) atoms. The number of halogens is 2. The van der Waals surface area contributed by atoms with Gasteiger partial charge >= 0.3 is 6.09 Å². The summed E-state index contributed by atoms with van der Waals surface area (Å²) in [6, 6.07) is 1.89. The Labute approximate surface area is 128 Å². The fraction of sp³-hybridized carbons (Fsp3) is 0.417. The van der Waals surface area contributed by atoms with Crippen LogP contribution in [0, 0.1) is 15.9 Å².